The molecule has 18 nitrogen and oxygen atoms in total. The summed E-state index contributed by atoms with van der Waals surface area (Å²) in [5.41, 5.74) is 25.2. The molecule has 0 spiro atoms. The number of anilines is 2. The van der Waals surface area contributed by atoms with Crippen molar-refractivity contribution < 1.29 is 18.9 Å². The van der Waals surface area contributed by atoms with Crippen molar-refractivity contribution in [2.24, 2.45) is 30.0 Å². The molecular formula is C120H116N14O4. The molecule has 15 aromatic rings. The highest BCUT2D eigenvalue weighted by molar-refractivity contribution is 6.03. The molecule has 138 heavy (non-hydrogen) atoms. The van der Waals surface area contributed by atoms with E-state index in [4.69, 9.17) is 78.8 Å². The van der Waals surface area contributed by atoms with Crippen LogP contribution in [0.1, 0.15) is 147 Å². The molecule has 21 rings (SSSR count). The van der Waals surface area contributed by atoms with E-state index in [2.05, 4.69) is 353 Å². The SMILES string of the molecule is CC1(C)COC(c2ccc(-c3cc(-c4ccc(-c5ccccc5)cc4)nc(-c4ccc(C5=NC(C)(C)CO5)cc4)n3)cc2)=N1.CC1(C)COC(c2ccc(-c3nc(-c4ccc(C5=NC(C)(C)CO5)cc4)nc(-c4ccc(-c5ccccc5)cc4)n3)cc2)=N1.CC1=NC(C)(C)C(C)(C)N1c1ccc(-c2cc(-c3ccc(-c4ccccc4)cc3)cc(-c3ccc(N4C(C)=NC(C)(C)C4(C)C)cc3)n2)cc1. The summed E-state index contributed by atoms with van der Waals surface area (Å²) in [5, 5.41) is 0. The van der Waals surface area contributed by atoms with Gasteiger partial charge in [-0.3, -0.25) is 9.98 Å². The van der Waals surface area contributed by atoms with Crippen molar-refractivity contribution >= 4 is 46.6 Å². The fourth-order valence-electron chi connectivity index (χ4n) is 18.1. The van der Waals surface area contributed by atoms with Crippen LogP contribution >= 0.6 is 0 Å². The van der Waals surface area contributed by atoms with E-state index in [0.717, 1.165) is 140 Å². The van der Waals surface area contributed by atoms with E-state index in [9.17, 15) is 0 Å². The Hall–Kier alpha value is -15.3. The van der Waals surface area contributed by atoms with E-state index >= 15 is 0 Å². The molecule has 0 radical (unpaired) electrons. The van der Waals surface area contributed by atoms with Gasteiger partial charge in [0.15, 0.2) is 23.3 Å². The Bertz CT molecular complexity index is 6650. The van der Waals surface area contributed by atoms with Crippen LogP contribution in [0, 0.1) is 0 Å². The van der Waals surface area contributed by atoms with Crippen molar-refractivity contribution in [3.63, 3.8) is 0 Å². The molecule has 0 atom stereocenters. The zero-order valence-electron chi connectivity index (χ0n) is 81.9. The molecule has 0 bridgehead atoms. The number of aromatic nitrogens is 6. The van der Waals surface area contributed by atoms with E-state index in [0.29, 0.717) is 73.3 Å². The van der Waals surface area contributed by atoms with Crippen LogP contribution in [0.5, 0.6) is 0 Å². The Morgan fingerprint density at radius 2 is 0.399 bits per heavy atom. The molecule has 0 fully saturated rings. The van der Waals surface area contributed by atoms with Crippen LogP contribution in [0.2, 0.25) is 0 Å². The predicted octanol–water partition coefficient (Wildman–Crippen LogP) is 27.2. The number of hydrogen-bond acceptors (Lipinski definition) is 18. The number of nitrogens with zero attached hydrogens (tertiary/aromatic N) is 14. The predicted molar refractivity (Wildman–Crippen MR) is 565 cm³/mol. The van der Waals surface area contributed by atoms with E-state index in [1.807, 2.05) is 109 Å². The number of aliphatic imine (C=N–C) groups is 6. The number of pyridine rings is 1. The van der Waals surface area contributed by atoms with Gasteiger partial charge in [0.05, 0.1) is 67.1 Å². The summed E-state index contributed by atoms with van der Waals surface area (Å²) in [7, 11) is 0. The van der Waals surface area contributed by atoms with Gasteiger partial charge in [0.2, 0.25) is 23.6 Å². The molecule has 3 aromatic heterocycles. The van der Waals surface area contributed by atoms with Gasteiger partial charge in [0.25, 0.3) is 0 Å². The third-order valence-corrected chi connectivity index (χ3v) is 27.0. The second-order valence-electron chi connectivity index (χ2n) is 40.9. The molecule has 18 heteroatoms. The van der Waals surface area contributed by atoms with Crippen molar-refractivity contribution in [2.45, 2.75) is 169 Å². The van der Waals surface area contributed by atoms with Crippen molar-refractivity contribution in [1.29, 1.82) is 0 Å². The van der Waals surface area contributed by atoms with Crippen molar-refractivity contribution in [3.8, 4) is 135 Å². The first-order valence-corrected chi connectivity index (χ1v) is 47.5. The van der Waals surface area contributed by atoms with Gasteiger partial charge in [-0.15, -0.1) is 0 Å². The Kier molecular flexibility index (Phi) is 24.2. The maximum Gasteiger partial charge on any atom is 0.216 e. The summed E-state index contributed by atoms with van der Waals surface area (Å²) >= 11 is 0. The van der Waals surface area contributed by atoms with E-state index < -0.39 is 0 Å². The van der Waals surface area contributed by atoms with Gasteiger partial charge in [-0.25, -0.2) is 49.9 Å². The van der Waals surface area contributed by atoms with Crippen LogP contribution in [-0.4, -0.2) is 136 Å². The highest BCUT2D eigenvalue weighted by Gasteiger charge is 2.50. The molecule has 0 N–H and O–H groups in total. The Morgan fingerprint density at radius 3 is 0.630 bits per heavy atom. The summed E-state index contributed by atoms with van der Waals surface area (Å²) in [6.45, 7) is 41.0. The smallest absolute Gasteiger partial charge is 0.216 e. The molecular weight excluding hydrogens is 1700 g/mol. The first-order valence-electron chi connectivity index (χ1n) is 47.5. The van der Waals surface area contributed by atoms with Crippen LogP contribution < -0.4 is 9.80 Å². The molecule has 0 aliphatic carbocycles. The average Bonchev–Trinajstić information content (AvgIpc) is 1.59. The molecule has 0 amide bonds. The number of ether oxygens (including phenoxy) is 4. The molecule has 0 unspecified atom stereocenters. The average molecular weight is 1820 g/mol. The number of benzene rings is 12. The summed E-state index contributed by atoms with van der Waals surface area (Å²) in [6, 6.07) is 113. The maximum absolute atomic E-state index is 5.86. The maximum atomic E-state index is 5.86. The Labute approximate surface area is 810 Å². The second kappa shape index (κ2) is 36.4. The number of hydrogen-bond donors (Lipinski definition) is 0. The highest BCUT2D eigenvalue weighted by atomic mass is 16.5. The lowest BCUT2D eigenvalue weighted by atomic mass is 9.83. The van der Waals surface area contributed by atoms with E-state index in [-0.39, 0.29) is 44.3 Å². The van der Waals surface area contributed by atoms with Gasteiger partial charge >= 0.3 is 0 Å². The summed E-state index contributed by atoms with van der Waals surface area (Å²) in [5.74, 6) is 7.21. The van der Waals surface area contributed by atoms with Gasteiger partial charge in [0.1, 0.15) is 38.1 Å². The van der Waals surface area contributed by atoms with Crippen molar-refractivity contribution in [3.05, 3.63) is 350 Å². The summed E-state index contributed by atoms with van der Waals surface area (Å²) in [4.78, 5) is 63.7. The largest absolute Gasteiger partial charge is 0.475 e. The normalized spacial score (nSPS) is 17.3. The third kappa shape index (κ3) is 19.4. The molecule has 12 aromatic carbocycles. The van der Waals surface area contributed by atoms with E-state index in [1.54, 1.807) is 0 Å². The van der Waals surface area contributed by atoms with Crippen LogP contribution in [0.3, 0.4) is 0 Å². The summed E-state index contributed by atoms with van der Waals surface area (Å²) < 4.78 is 23.4. The van der Waals surface area contributed by atoms with Crippen LogP contribution in [-0.2, 0) is 18.9 Å². The molecule has 0 saturated carbocycles. The molecule has 9 heterocycles. The standard InChI is InChI=1S/C45H49N5.C38H34N4O2.C37H33N5O2/c1-30-47-42(3,4)44(7,8)49(30)38-24-20-35(21-25-38)40-28-37(34-18-16-33(17-19-34)32-14-12-11-13-15-32)29-41(46-40)36-22-26-39(27-23-36)50-31(2)48-43(5,6)45(50,9)10;1-37(2)23-43-35(41-37)30-18-14-28(15-19-30)33-22-32(27-12-10-26(11-13-27)25-8-6-5-7-9-25)39-34(40-33)29-16-20-31(21-17-29)36-42-38(3,4)24-44-36;1-36(2)22-43-34(41-36)29-18-14-27(15-19-29)32-38-31(26-12-10-25(11-13-26)24-8-6-5-7-9-24)39-33(40-32)28-16-20-30(21-17-28)35-42-37(3,4)23-44-35/h11-29H,1-10H3;5-22H,23-24H2,1-4H3;5-21H,22-23H2,1-4H3. The van der Waals surface area contributed by atoms with Gasteiger partial charge in [-0.1, -0.05) is 237 Å². The van der Waals surface area contributed by atoms with Crippen molar-refractivity contribution in [1.82, 2.24) is 29.9 Å². The summed E-state index contributed by atoms with van der Waals surface area (Å²) in [6.07, 6.45) is 0. The van der Waals surface area contributed by atoms with Crippen molar-refractivity contribution in [2.75, 3.05) is 36.2 Å². The van der Waals surface area contributed by atoms with Crippen LogP contribution in [0.15, 0.2) is 358 Å². The minimum absolute atomic E-state index is 0.146. The van der Waals surface area contributed by atoms with Gasteiger partial charge in [0, 0.05) is 78.1 Å². The fraction of sp³-hybridized carbons (Fsp3) is 0.250. The molecule has 690 valence electrons. The number of amidine groups is 2. The monoisotopic (exact) mass is 1820 g/mol. The minimum atomic E-state index is -0.218. The van der Waals surface area contributed by atoms with E-state index in [1.165, 1.54) is 16.7 Å². The zero-order chi connectivity index (χ0) is 96.3. The van der Waals surface area contributed by atoms with Crippen LogP contribution in [0.4, 0.5) is 11.4 Å². The first-order chi connectivity index (χ1) is 66.0. The zero-order valence-corrected chi connectivity index (χ0v) is 81.9. The Balaban J connectivity index is 0.000000133. The lowest BCUT2D eigenvalue weighted by Gasteiger charge is -2.41. The fourth-order valence-corrected chi connectivity index (χ4v) is 18.1. The van der Waals surface area contributed by atoms with Gasteiger partial charge in [-0.05, 0) is 260 Å². The highest BCUT2D eigenvalue weighted by Crippen LogP contribution is 2.45. The van der Waals surface area contributed by atoms with Crippen LogP contribution in [0.25, 0.3) is 135 Å². The lowest BCUT2D eigenvalue weighted by Crippen LogP contribution is -2.52. The quantitative estimate of drug-likeness (QED) is 0.0790. The molecule has 6 aliphatic heterocycles. The second-order valence-corrected chi connectivity index (χ2v) is 40.9. The molecule has 6 aliphatic rings. The van der Waals surface area contributed by atoms with Gasteiger partial charge < -0.3 is 28.7 Å². The lowest BCUT2D eigenvalue weighted by molar-refractivity contribution is 0.279. The number of rotatable bonds is 18. The topological polar surface area (TPSA) is 195 Å². The Morgan fingerprint density at radius 1 is 0.196 bits per heavy atom. The minimum Gasteiger partial charge on any atom is -0.475 e. The van der Waals surface area contributed by atoms with Gasteiger partial charge in [-0.2, -0.15) is 0 Å². The third-order valence-electron chi connectivity index (χ3n) is 27.0. The molecule has 0 saturated heterocycles. The first kappa shape index (κ1) is 91.8.